The highest BCUT2D eigenvalue weighted by molar-refractivity contribution is 5.48. The highest BCUT2D eigenvalue weighted by atomic mass is 16.5. The van der Waals surface area contributed by atoms with Gasteiger partial charge in [-0.15, -0.1) is 0 Å². The third-order valence-corrected chi connectivity index (χ3v) is 2.43. The smallest absolute Gasteiger partial charge is 0.144 e. The predicted molar refractivity (Wildman–Crippen MR) is 62.7 cm³/mol. The van der Waals surface area contributed by atoms with E-state index in [-0.39, 0.29) is 0 Å². The molecule has 0 bridgehead atoms. The molecular weight excluding hydrogens is 202 g/mol. The molecule has 4 heteroatoms. The molecule has 0 aliphatic heterocycles. The van der Waals surface area contributed by atoms with Crippen LogP contribution < -0.4 is 10.5 Å². The van der Waals surface area contributed by atoms with E-state index >= 15 is 0 Å². The average molecular weight is 217 g/mol. The molecule has 2 N–H and O–H groups in total. The molecule has 4 nitrogen and oxygen atoms in total. The fraction of sp³-hybridized carbons (Fsp3) is 0.250. The lowest BCUT2D eigenvalue weighted by Crippen LogP contribution is -2.02. The molecule has 0 amide bonds. The van der Waals surface area contributed by atoms with E-state index in [4.69, 9.17) is 10.5 Å². The van der Waals surface area contributed by atoms with Crippen LogP contribution in [0, 0.1) is 6.92 Å². The molecule has 0 aliphatic carbocycles. The van der Waals surface area contributed by atoms with Crippen molar-refractivity contribution < 1.29 is 4.74 Å². The zero-order valence-electron chi connectivity index (χ0n) is 9.47. The van der Waals surface area contributed by atoms with E-state index in [1.165, 1.54) is 5.56 Å². The maximum atomic E-state index is 5.53. The minimum Gasteiger partial charge on any atom is -0.494 e. The van der Waals surface area contributed by atoms with Crippen molar-refractivity contribution in [1.29, 1.82) is 0 Å². The molecule has 1 heterocycles. The van der Waals surface area contributed by atoms with Gasteiger partial charge in [-0.1, -0.05) is 6.07 Å². The molecule has 84 valence electrons. The average Bonchev–Trinajstić information content (AvgIpc) is 2.77. The number of nitrogens with two attached hydrogens (primary N) is 1. The summed E-state index contributed by atoms with van der Waals surface area (Å²) in [5, 5.41) is 4.36. The molecule has 0 saturated heterocycles. The van der Waals surface area contributed by atoms with Crippen LogP contribution in [0.25, 0.3) is 5.69 Å². The largest absolute Gasteiger partial charge is 0.494 e. The van der Waals surface area contributed by atoms with Gasteiger partial charge in [0.1, 0.15) is 11.4 Å². The lowest BCUT2D eigenvalue weighted by molar-refractivity contribution is 0.411. The molecule has 0 radical (unpaired) electrons. The van der Waals surface area contributed by atoms with E-state index in [0.29, 0.717) is 6.54 Å². The first-order valence-electron chi connectivity index (χ1n) is 5.14. The second kappa shape index (κ2) is 4.37. The molecule has 2 aromatic rings. The van der Waals surface area contributed by atoms with Crippen molar-refractivity contribution in [2.45, 2.75) is 13.5 Å². The minimum atomic E-state index is 0.446. The molecule has 0 aliphatic rings. The summed E-state index contributed by atoms with van der Waals surface area (Å²) in [5.41, 5.74) is 8.50. The third-order valence-electron chi connectivity index (χ3n) is 2.43. The summed E-state index contributed by atoms with van der Waals surface area (Å²) in [6.45, 7) is 2.48. The zero-order valence-corrected chi connectivity index (χ0v) is 9.47. The van der Waals surface area contributed by atoms with Crippen LogP contribution in [0.1, 0.15) is 11.3 Å². The maximum absolute atomic E-state index is 5.53. The molecule has 0 spiro atoms. The van der Waals surface area contributed by atoms with Crippen LogP contribution >= 0.6 is 0 Å². The van der Waals surface area contributed by atoms with Crippen molar-refractivity contribution in [1.82, 2.24) is 9.78 Å². The Bertz CT molecular complexity index is 491. The summed E-state index contributed by atoms with van der Waals surface area (Å²) < 4.78 is 7.09. The number of aryl methyl sites for hydroxylation is 1. The molecule has 16 heavy (non-hydrogen) atoms. The monoisotopic (exact) mass is 217 g/mol. The minimum absolute atomic E-state index is 0.446. The summed E-state index contributed by atoms with van der Waals surface area (Å²) in [4.78, 5) is 0. The van der Waals surface area contributed by atoms with Gasteiger partial charge in [0.25, 0.3) is 0 Å². The lowest BCUT2D eigenvalue weighted by Gasteiger charge is -2.09. The number of aromatic nitrogens is 2. The second-order valence-corrected chi connectivity index (χ2v) is 3.63. The van der Waals surface area contributed by atoms with Crippen LogP contribution in [0.5, 0.6) is 5.75 Å². The number of benzene rings is 1. The Morgan fingerprint density at radius 2 is 2.19 bits per heavy atom. The SMILES string of the molecule is COc1ccc(C)cc1-n1ccc(CN)n1. The first kappa shape index (κ1) is 10.7. The van der Waals surface area contributed by atoms with Crippen molar-refractivity contribution in [3.05, 3.63) is 41.7 Å². The number of hydrogen-bond donors (Lipinski definition) is 1. The topological polar surface area (TPSA) is 53.1 Å². The van der Waals surface area contributed by atoms with Gasteiger partial charge in [0, 0.05) is 12.7 Å². The number of hydrogen-bond acceptors (Lipinski definition) is 3. The van der Waals surface area contributed by atoms with Gasteiger partial charge in [0.2, 0.25) is 0 Å². The Kier molecular flexibility index (Phi) is 2.92. The van der Waals surface area contributed by atoms with Crippen LogP contribution in [0.2, 0.25) is 0 Å². The Morgan fingerprint density at radius 3 is 2.81 bits per heavy atom. The molecular formula is C12H15N3O. The van der Waals surface area contributed by atoms with Crippen molar-refractivity contribution in [3.63, 3.8) is 0 Å². The van der Waals surface area contributed by atoms with Gasteiger partial charge in [0.15, 0.2) is 0 Å². The van der Waals surface area contributed by atoms with Crippen LogP contribution in [0.15, 0.2) is 30.5 Å². The Balaban J connectivity index is 2.49. The molecule has 2 rings (SSSR count). The Labute approximate surface area is 94.6 Å². The summed E-state index contributed by atoms with van der Waals surface area (Å²) in [6, 6.07) is 7.89. The Morgan fingerprint density at radius 1 is 1.38 bits per heavy atom. The number of rotatable bonds is 3. The fourth-order valence-electron chi connectivity index (χ4n) is 1.58. The molecule has 0 fully saturated rings. The Hall–Kier alpha value is -1.81. The van der Waals surface area contributed by atoms with E-state index in [9.17, 15) is 0 Å². The van der Waals surface area contributed by atoms with Crippen molar-refractivity contribution in [2.75, 3.05) is 7.11 Å². The lowest BCUT2D eigenvalue weighted by atomic mass is 10.2. The maximum Gasteiger partial charge on any atom is 0.144 e. The normalized spacial score (nSPS) is 10.4. The first-order chi connectivity index (χ1) is 7.74. The zero-order chi connectivity index (χ0) is 11.5. The number of nitrogens with zero attached hydrogens (tertiary/aromatic N) is 2. The summed E-state index contributed by atoms with van der Waals surface area (Å²) >= 11 is 0. The van der Waals surface area contributed by atoms with E-state index < -0.39 is 0 Å². The van der Waals surface area contributed by atoms with Crippen molar-refractivity contribution in [2.24, 2.45) is 5.73 Å². The van der Waals surface area contributed by atoms with Crippen LogP contribution in [-0.4, -0.2) is 16.9 Å². The van der Waals surface area contributed by atoms with E-state index in [1.807, 2.05) is 37.4 Å². The van der Waals surface area contributed by atoms with Gasteiger partial charge >= 0.3 is 0 Å². The van der Waals surface area contributed by atoms with Gasteiger partial charge in [0.05, 0.1) is 12.8 Å². The highest BCUT2D eigenvalue weighted by Gasteiger charge is 2.06. The molecule has 1 aromatic carbocycles. The van der Waals surface area contributed by atoms with Gasteiger partial charge in [-0.3, -0.25) is 0 Å². The van der Waals surface area contributed by atoms with Crippen molar-refractivity contribution >= 4 is 0 Å². The predicted octanol–water partition coefficient (Wildman–Crippen LogP) is 1.65. The van der Waals surface area contributed by atoms with Gasteiger partial charge in [-0.25, -0.2) is 4.68 Å². The van der Waals surface area contributed by atoms with Crippen LogP contribution in [0.3, 0.4) is 0 Å². The fourth-order valence-corrected chi connectivity index (χ4v) is 1.58. The summed E-state index contributed by atoms with van der Waals surface area (Å²) in [5.74, 6) is 0.803. The van der Waals surface area contributed by atoms with Gasteiger partial charge in [-0.2, -0.15) is 5.10 Å². The summed E-state index contributed by atoms with van der Waals surface area (Å²) in [6.07, 6.45) is 1.89. The van der Waals surface area contributed by atoms with Gasteiger partial charge < -0.3 is 10.5 Å². The molecule has 0 atom stereocenters. The van der Waals surface area contributed by atoms with E-state index in [1.54, 1.807) is 11.8 Å². The second-order valence-electron chi connectivity index (χ2n) is 3.63. The summed E-state index contributed by atoms with van der Waals surface area (Å²) in [7, 11) is 1.65. The van der Waals surface area contributed by atoms with E-state index in [0.717, 1.165) is 17.1 Å². The van der Waals surface area contributed by atoms with Crippen LogP contribution in [-0.2, 0) is 6.54 Å². The van der Waals surface area contributed by atoms with Gasteiger partial charge in [-0.05, 0) is 30.7 Å². The number of methoxy groups -OCH3 is 1. The third kappa shape index (κ3) is 1.92. The quantitative estimate of drug-likeness (QED) is 0.850. The highest BCUT2D eigenvalue weighted by Crippen LogP contribution is 2.23. The first-order valence-corrected chi connectivity index (χ1v) is 5.14. The molecule has 0 saturated carbocycles. The van der Waals surface area contributed by atoms with E-state index in [2.05, 4.69) is 5.10 Å². The standard InChI is InChI=1S/C12H15N3O/c1-9-3-4-12(16-2)11(7-9)15-6-5-10(8-13)14-15/h3-7H,8,13H2,1-2H3. The molecule has 1 aromatic heterocycles. The molecule has 0 unspecified atom stereocenters. The van der Waals surface area contributed by atoms with Crippen LogP contribution in [0.4, 0.5) is 0 Å². The van der Waals surface area contributed by atoms with Crippen molar-refractivity contribution in [3.8, 4) is 11.4 Å². The number of ether oxygens (including phenoxy) is 1.